The van der Waals surface area contributed by atoms with Crippen molar-refractivity contribution in [3.63, 3.8) is 0 Å². The average molecular weight is 499 g/mol. The number of amides is 3. The Morgan fingerprint density at radius 2 is 1.83 bits per heavy atom. The number of nitrogens with zero attached hydrogens (tertiary/aromatic N) is 2. The van der Waals surface area contributed by atoms with Gasteiger partial charge in [0.05, 0.1) is 17.7 Å². The molecule has 1 aliphatic heterocycles. The first-order chi connectivity index (χ1) is 17.2. The van der Waals surface area contributed by atoms with Crippen LogP contribution in [-0.2, 0) is 9.53 Å². The van der Waals surface area contributed by atoms with Crippen LogP contribution in [0.2, 0.25) is 0 Å². The highest BCUT2D eigenvalue weighted by atomic mass is 19.1. The Bertz CT molecular complexity index is 1170. The monoisotopic (exact) mass is 498 g/mol. The van der Waals surface area contributed by atoms with Crippen LogP contribution >= 0.6 is 0 Å². The van der Waals surface area contributed by atoms with Crippen molar-refractivity contribution in [3.05, 3.63) is 52.1 Å². The molecule has 9 heteroatoms. The van der Waals surface area contributed by atoms with Crippen LogP contribution in [0.25, 0.3) is 11.6 Å². The van der Waals surface area contributed by atoms with Crippen molar-refractivity contribution in [1.29, 1.82) is 0 Å². The number of ether oxygens (including phenoxy) is 1. The number of rotatable bonds is 10. The molecule has 0 saturated heterocycles. The molecule has 194 valence electrons. The second-order valence-corrected chi connectivity index (χ2v) is 8.82. The predicted octanol–water partition coefficient (Wildman–Crippen LogP) is 4.98. The average Bonchev–Trinajstić information content (AvgIpc) is 3.31. The van der Waals surface area contributed by atoms with Gasteiger partial charge in [0.1, 0.15) is 5.82 Å². The van der Waals surface area contributed by atoms with Crippen LogP contribution in [0.4, 0.5) is 14.9 Å². The summed E-state index contributed by atoms with van der Waals surface area (Å²) in [6.45, 7) is 12.1. The number of anilines is 1. The number of halogens is 1. The van der Waals surface area contributed by atoms with Crippen LogP contribution in [0.1, 0.15) is 66.5 Å². The molecule has 8 nitrogen and oxygen atoms in total. The number of carbonyl (C=O) groups excluding carboxylic acids is 3. The van der Waals surface area contributed by atoms with Crippen LogP contribution in [0.3, 0.4) is 0 Å². The van der Waals surface area contributed by atoms with Crippen molar-refractivity contribution < 1.29 is 23.5 Å². The zero-order valence-electron chi connectivity index (χ0n) is 21.7. The molecule has 0 spiro atoms. The fourth-order valence-corrected chi connectivity index (χ4v) is 4.26. The predicted molar refractivity (Wildman–Crippen MR) is 138 cm³/mol. The maximum Gasteiger partial charge on any atom is 0.416 e. The Kier molecular flexibility index (Phi) is 9.03. The van der Waals surface area contributed by atoms with Crippen molar-refractivity contribution in [3.8, 4) is 0 Å². The summed E-state index contributed by atoms with van der Waals surface area (Å²) in [5.41, 5.74) is 3.34. The van der Waals surface area contributed by atoms with Crippen LogP contribution in [0.15, 0.2) is 18.2 Å². The van der Waals surface area contributed by atoms with Crippen LogP contribution < -0.4 is 5.32 Å². The zero-order valence-corrected chi connectivity index (χ0v) is 21.7. The zero-order chi connectivity index (χ0) is 26.4. The topological polar surface area (TPSA) is 94.7 Å². The number of carbonyl (C=O) groups is 3. The number of hydrogen-bond donors (Lipinski definition) is 2. The van der Waals surface area contributed by atoms with Gasteiger partial charge in [0.15, 0.2) is 0 Å². The minimum Gasteiger partial charge on any atom is -0.449 e. The summed E-state index contributed by atoms with van der Waals surface area (Å²) in [6, 6.07) is 4.11. The molecule has 36 heavy (non-hydrogen) atoms. The molecule has 0 aliphatic carbocycles. The summed E-state index contributed by atoms with van der Waals surface area (Å²) in [7, 11) is 0. The number of fused-ring (bicyclic) bond motifs is 1. The highest BCUT2D eigenvalue weighted by molar-refractivity contribution is 6.35. The lowest BCUT2D eigenvalue weighted by Crippen LogP contribution is -2.43. The lowest BCUT2D eigenvalue weighted by molar-refractivity contribution is -0.110. The molecular formula is C27H35FN4O4. The number of benzene rings is 1. The first-order valence-corrected chi connectivity index (χ1v) is 12.4. The molecule has 1 aromatic carbocycles. The van der Waals surface area contributed by atoms with Crippen LogP contribution in [-0.4, -0.2) is 65.5 Å². The van der Waals surface area contributed by atoms with E-state index >= 15 is 0 Å². The highest BCUT2D eigenvalue weighted by Gasteiger charge is 2.30. The van der Waals surface area contributed by atoms with Gasteiger partial charge in [0.25, 0.3) is 11.8 Å². The number of hydrogen-bond acceptors (Lipinski definition) is 5. The van der Waals surface area contributed by atoms with E-state index in [-0.39, 0.29) is 19.1 Å². The molecule has 0 fully saturated rings. The fourth-order valence-electron chi connectivity index (χ4n) is 4.26. The number of unbranched alkanes of at least 4 members (excludes halogenated alkanes) is 1. The molecule has 2 heterocycles. The van der Waals surface area contributed by atoms with E-state index in [1.165, 1.54) is 18.2 Å². The number of aryl methyl sites for hydroxylation is 1. The molecule has 2 aromatic rings. The molecule has 3 rings (SSSR count). The number of likely N-dealkylation sites (N-methyl/N-ethyl adjacent to an activating group) is 1. The first-order valence-electron chi connectivity index (χ1n) is 12.4. The molecule has 0 saturated carbocycles. The van der Waals surface area contributed by atoms with Gasteiger partial charge < -0.3 is 19.9 Å². The quantitative estimate of drug-likeness (QED) is 0.356. The van der Waals surface area contributed by atoms with E-state index in [4.69, 9.17) is 4.74 Å². The summed E-state index contributed by atoms with van der Waals surface area (Å²) in [5.74, 6) is -1.26. The molecule has 2 N–H and O–H groups in total. The smallest absolute Gasteiger partial charge is 0.416 e. The third kappa shape index (κ3) is 5.84. The Morgan fingerprint density at radius 3 is 2.50 bits per heavy atom. The third-order valence-corrected chi connectivity index (χ3v) is 6.47. The lowest BCUT2D eigenvalue weighted by atomic mass is 10.0. The molecule has 3 amide bonds. The van der Waals surface area contributed by atoms with E-state index in [0.717, 1.165) is 24.4 Å². The normalized spacial score (nSPS) is 13.8. The van der Waals surface area contributed by atoms with Crippen LogP contribution in [0.5, 0.6) is 0 Å². The summed E-state index contributed by atoms with van der Waals surface area (Å²) in [6.07, 6.45) is 2.53. The summed E-state index contributed by atoms with van der Waals surface area (Å²) < 4.78 is 19.2. The van der Waals surface area contributed by atoms with Gasteiger partial charge in [0, 0.05) is 35.7 Å². The minimum absolute atomic E-state index is 0.195. The van der Waals surface area contributed by atoms with Crippen molar-refractivity contribution in [2.75, 3.05) is 38.1 Å². The number of aromatic amines is 1. The van der Waals surface area contributed by atoms with E-state index in [1.807, 2.05) is 20.8 Å². The molecule has 0 atom stereocenters. The Labute approximate surface area is 211 Å². The summed E-state index contributed by atoms with van der Waals surface area (Å²) >= 11 is 0. The van der Waals surface area contributed by atoms with Gasteiger partial charge in [-0.05, 0) is 63.2 Å². The van der Waals surface area contributed by atoms with Gasteiger partial charge in [-0.15, -0.1) is 0 Å². The van der Waals surface area contributed by atoms with Crippen LogP contribution in [0, 0.1) is 19.7 Å². The molecule has 1 aliphatic rings. The number of imide groups is 1. The SMILES string of the molecule is CCCCOC(=O)N(CCN(CC)CC)C(=O)c1c(C)[nH]c(C=C2C(=O)Nc3ccc(F)cc32)c1C. The number of nitrogens with one attached hydrogen (secondary N) is 2. The summed E-state index contributed by atoms with van der Waals surface area (Å²) in [4.78, 5) is 45.5. The molecule has 1 aromatic heterocycles. The number of aromatic nitrogens is 1. The maximum atomic E-state index is 13.8. The van der Waals surface area contributed by atoms with Gasteiger partial charge in [-0.3, -0.25) is 9.59 Å². The first kappa shape index (κ1) is 27.1. The van der Waals surface area contributed by atoms with E-state index in [9.17, 15) is 18.8 Å². The molecule has 0 unspecified atom stereocenters. The fraction of sp³-hybridized carbons (Fsp3) is 0.444. The third-order valence-electron chi connectivity index (χ3n) is 6.47. The Balaban J connectivity index is 1.94. The van der Waals surface area contributed by atoms with E-state index < -0.39 is 17.8 Å². The van der Waals surface area contributed by atoms with Gasteiger partial charge in [-0.25, -0.2) is 14.1 Å². The molecule has 0 bridgehead atoms. The van der Waals surface area contributed by atoms with Gasteiger partial charge in [-0.2, -0.15) is 0 Å². The van der Waals surface area contributed by atoms with E-state index in [0.29, 0.717) is 52.3 Å². The second kappa shape index (κ2) is 12.0. The van der Waals surface area contributed by atoms with Gasteiger partial charge >= 0.3 is 6.09 Å². The van der Waals surface area contributed by atoms with Gasteiger partial charge in [0.2, 0.25) is 0 Å². The maximum absolute atomic E-state index is 13.8. The highest BCUT2D eigenvalue weighted by Crippen LogP contribution is 2.34. The minimum atomic E-state index is -0.667. The summed E-state index contributed by atoms with van der Waals surface area (Å²) in [5, 5.41) is 2.73. The van der Waals surface area contributed by atoms with E-state index in [2.05, 4.69) is 15.2 Å². The van der Waals surface area contributed by atoms with Crippen molar-refractivity contribution in [2.45, 2.75) is 47.5 Å². The lowest BCUT2D eigenvalue weighted by Gasteiger charge is -2.25. The van der Waals surface area contributed by atoms with Crippen molar-refractivity contribution in [2.24, 2.45) is 0 Å². The van der Waals surface area contributed by atoms with Crippen molar-refractivity contribution in [1.82, 2.24) is 14.8 Å². The number of H-pyrrole nitrogens is 1. The molecular weight excluding hydrogens is 463 g/mol. The van der Waals surface area contributed by atoms with E-state index in [1.54, 1.807) is 19.9 Å². The Hall–Kier alpha value is -3.46. The standard InChI is InChI=1S/C27H35FN4O4/c1-6-9-14-36-27(35)32(13-12-31(7-2)8-3)26(34)24-17(4)23(29-18(24)5)16-21-20-15-19(28)10-11-22(20)30-25(21)33/h10-11,15-16,29H,6-9,12-14H2,1-5H3,(H,30,33). The second-order valence-electron chi connectivity index (χ2n) is 8.82. The largest absolute Gasteiger partial charge is 0.449 e. The molecule has 0 radical (unpaired) electrons. The Morgan fingerprint density at radius 1 is 1.11 bits per heavy atom. The van der Waals surface area contributed by atoms with Crippen molar-refractivity contribution >= 4 is 35.2 Å². The van der Waals surface area contributed by atoms with Gasteiger partial charge in [-0.1, -0.05) is 27.2 Å².